The van der Waals surface area contributed by atoms with E-state index in [0.717, 1.165) is 17.1 Å². The van der Waals surface area contributed by atoms with Crippen molar-refractivity contribution in [2.75, 3.05) is 5.75 Å². The second-order valence-electron chi connectivity index (χ2n) is 5.57. The van der Waals surface area contributed by atoms with Crippen molar-refractivity contribution in [3.05, 3.63) is 65.7 Å². The van der Waals surface area contributed by atoms with E-state index in [1.165, 1.54) is 5.56 Å². The lowest BCUT2D eigenvalue weighted by Crippen LogP contribution is -2.24. The molecule has 0 atom stereocenters. The monoisotopic (exact) mass is 329 g/mol. The van der Waals surface area contributed by atoms with Crippen LogP contribution < -0.4 is 10.1 Å². The Bertz CT molecular complexity index is 597. The van der Waals surface area contributed by atoms with Crippen LogP contribution in [0.1, 0.15) is 25.0 Å². The molecule has 0 saturated carbocycles. The second-order valence-corrected chi connectivity index (χ2v) is 6.55. The molecule has 3 nitrogen and oxygen atoms in total. The van der Waals surface area contributed by atoms with Crippen LogP contribution in [0.15, 0.2) is 54.6 Å². The fraction of sp³-hybridized carbons (Fsp3) is 0.316. The highest BCUT2D eigenvalue weighted by atomic mass is 32.2. The molecule has 0 fully saturated rings. The molecule has 1 N–H and O–H groups in total. The van der Waals surface area contributed by atoms with Gasteiger partial charge in [-0.05, 0) is 37.1 Å². The summed E-state index contributed by atoms with van der Waals surface area (Å²) in [7, 11) is 0. The Labute approximate surface area is 142 Å². The van der Waals surface area contributed by atoms with Crippen molar-refractivity contribution in [2.24, 2.45) is 0 Å². The van der Waals surface area contributed by atoms with Gasteiger partial charge in [-0.15, -0.1) is 11.8 Å². The Kier molecular flexibility index (Phi) is 7.01. The van der Waals surface area contributed by atoms with Crippen LogP contribution in [-0.2, 0) is 17.1 Å². The molecule has 0 bridgehead atoms. The SMILES string of the molecule is CC(C)Oc1ccc(CNC(=O)CSCc2ccccc2)cc1. The summed E-state index contributed by atoms with van der Waals surface area (Å²) in [5.41, 5.74) is 2.31. The van der Waals surface area contributed by atoms with E-state index in [2.05, 4.69) is 17.4 Å². The normalized spacial score (nSPS) is 10.6. The van der Waals surface area contributed by atoms with Gasteiger partial charge in [0.2, 0.25) is 5.91 Å². The molecule has 2 rings (SSSR count). The smallest absolute Gasteiger partial charge is 0.230 e. The van der Waals surface area contributed by atoms with Gasteiger partial charge in [0.25, 0.3) is 0 Å². The number of amides is 1. The van der Waals surface area contributed by atoms with Gasteiger partial charge in [-0.25, -0.2) is 0 Å². The third-order valence-electron chi connectivity index (χ3n) is 3.13. The molecule has 0 aliphatic carbocycles. The first-order valence-electron chi connectivity index (χ1n) is 7.77. The van der Waals surface area contributed by atoms with E-state index >= 15 is 0 Å². The summed E-state index contributed by atoms with van der Waals surface area (Å²) in [6, 6.07) is 18.0. The number of carbonyl (C=O) groups excluding carboxylic acids is 1. The Morgan fingerprint density at radius 3 is 2.39 bits per heavy atom. The molecule has 0 aromatic heterocycles. The van der Waals surface area contributed by atoms with Gasteiger partial charge >= 0.3 is 0 Å². The average Bonchev–Trinajstić information content (AvgIpc) is 2.55. The second kappa shape index (κ2) is 9.26. The zero-order chi connectivity index (χ0) is 16.5. The number of thioether (sulfide) groups is 1. The number of rotatable bonds is 8. The molecule has 4 heteroatoms. The Morgan fingerprint density at radius 2 is 1.74 bits per heavy atom. The molecule has 122 valence electrons. The molecular weight excluding hydrogens is 306 g/mol. The van der Waals surface area contributed by atoms with Crippen LogP contribution in [0.5, 0.6) is 5.75 Å². The lowest BCUT2D eigenvalue weighted by Gasteiger charge is -2.10. The molecule has 1 amide bonds. The minimum Gasteiger partial charge on any atom is -0.491 e. The highest BCUT2D eigenvalue weighted by Gasteiger charge is 2.03. The molecule has 2 aromatic carbocycles. The van der Waals surface area contributed by atoms with Crippen LogP contribution in [0.4, 0.5) is 0 Å². The molecule has 0 unspecified atom stereocenters. The third kappa shape index (κ3) is 6.78. The van der Waals surface area contributed by atoms with Gasteiger partial charge in [0.1, 0.15) is 5.75 Å². The largest absolute Gasteiger partial charge is 0.491 e. The zero-order valence-electron chi connectivity index (χ0n) is 13.6. The summed E-state index contributed by atoms with van der Waals surface area (Å²) >= 11 is 1.63. The van der Waals surface area contributed by atoms with E-state index in [1.54, 1.807) is 11.8 Å². The molecule has 0 spiro atoms. The van der Waals surface area contributed by atoms with Crippen molar-refractivity contribution in [3.8, 4) is 5.75 Å². The van der Waals surface area contributed by atoms with E-state index in [4.69, 9.17) is 4.74 Å². The topological polar surface area (TPSA) is 38.3 Å². The average molecular weight is 329 g/mol. The maximum atomic E-state index is 11.9. The van der Waals surface area contributed by atoms with Gasteiger partial charge in [0.15, 0.2) is 0 Å². The quantitative estimate of drug-likeness (QED) is 0.795. The van der Waals surface area contributed by atoms with Crippen LogP contribution in [0.2, 0.25) is 0 Å². The fourth-order valence-corrected chi connectivity index (χ4v) is 2.86. The van der Waals surface area contributed by atoms with Gasteiger partial charge in [-0.3, -0.25) is 4.79 Å². The Morgan fingerprint density at radius 1 is 1.04 bits per heavy atom. The zero-order valence-corrected chi connectivity index (χ0v) is 14.4. The van der Waals surface area contributed by atoms with E-state index in [-0.39, 0.29) is 12.0 Å². The minimum absolute atomic E-state index is 0.0634. The predicted octanol–water partition coefficient (Wildman–Crippen LogP) is 4.02. The lowest BCUT2D eigenvalue weighted by atomic mass is 10.2. The van der Waals surface area contributed by atoms with Crippen molar-refractivity contribution >= 4 is 17.7 Å². The van der Waals surface area contributed by atoms with E-state index in [1.807, 2.05) is 56.3 Å². The maximum absolute atomic E-state index is 11.9. The van der Waals surface area contributed by atoms with E-state index in [9.17, 15) is 4.79 Å². The summed E-state index contributed by atoms with van der Waals surface area (Å²) in [4.78, 5) is 11.9. The predicted molar refractivity (Wildman–Crippen MR) is 96.7 cm³/mol. The number of carbonyl (C=O) groups is 1. The van der Waals surface area contributed by atoms with Crippen molar-refractivity contribution in [3.63, 3.8) is 0 Å². The molecule has 0 saturated heterocycles. The maximum Gasteiger partial charge on any atom is 0.230 e. The first-order valence-corrected chi connectivity index (χ1v) is 8.93. The highest BCUT2D eigenvalue weighted by Crippen LogP contribution is 2.14. The van der Waals surface area contributed by atoms with E-state index < -0.39 is 0 Å². The number of ether oxygens (including phenoxy) is 1. The number of nitrogens with one attached hydrogen (secondary N) is 1. The number of hydrogen-bond donors (Lipinski definition) is 1. The third-order valence-corrected chi connectivity index (χ3v) is 4.13. The Balaban J connectivity index is 1.67. The molecule has 23 heavy (non-hydrogen) atoms. The van der Waals surface area contributed by atoms with Crippen LogP contribution in [0.3, 0.4) is 0 Å². The summed E-state index contributed by atoms with van der Waals surface area (Å²) in [5, 5.41) is 2.94. The summed E-state index contributed by atoms with van der Waals surface area (Å²) < 4.78 is 5.60. The van der Waals surface area contributed by atoms with Gasteiger partial charge in [0, 0.05) is 12.3 Å². The lowest BCUT2D eigenvalue weighted by molar-refractivity contribution is -0.118. The van der Waals surface area contributed by atoms with Crippen LogP contribution in [0.25, 0.3) is 0 Å². The van der Waals surface area contributed by atoms with Gasteiger partial charge in [0.05, 0.1) is 11.9 Å². The van der Waals surface area contributed by atoms with Crippen molar-refractivity contribution in [1.82, 2.24) is 5.32 Å². The molecule has 0 radical (unpaired) electrons. The highest BCUT2D eigenvalue weighted by molar-refractivity contribution is 7.99. The van der Waals surface area contributed by atoms with Crippen LogP contribution in [0, 0.1) is 0 Å². The standard InChI is InChI=1S/C19H23NO2S/c1-15(2)22-18-10-8-16(9-11-18)12-20-19(21)14-23-13-17-6-4-3-5-7-17/h3-11,15H,12-14H2,1-2H3,(H,20,21). The molecule has 0 aliphatic heterocycles. The minimum atomic E-state index is 0.0634. The molecule has 2 aromatic rings. The van der Waals surface area contributed by atoms with Gasteiger partial charge in [-0.2, -0.15) is 0 Å². The van der Waals surface area contributed by atoms with Crippen molar-refractivity contribution in [1.29, 1.82) is 0 Å². The molecular formula is C19H23NO2S. The summed E-state index contributed by atoms with van der Waals surface area (Å²) in [6.07, 6.45) is 0.169. The first kappa shape index (κ1) is 17.4. The van der Waals surface area contributed by atoms with E-state index in [0.29, 0.717) is 12.3 Å². The van der Waals surface area contributed by atoms with Crippen molar-refractivity contribution in [2.45, 2.75) is 32.2 Å². The van der Waals surface area contributed by atoms with Crippen LogP contribution >= 0.6 is 11.8 Å². The molecule has 0 heterocycles. The van der Waals surface area contributed by atoms with Crippen LogP contribution in [-0.4, -0.2) is 17.8 Å². The summed E-state index contributed by atoms with van der Waals surface area (Å²) in [5.74, 6) is 2.25. The Hall–Kier alpha value is -1.94. The molecule has 0 aliphatic rings. The van der Waals surface area contributed by atoms with Gasteiger partial charge < -0.3 is 10.1 Å². The van der Waals surface area contributed by atoms with Crippen molar-refractivity contribution < 1.29 is 9.53 Å². The van der Waals surface area contributed by atoms with Gasteiger partial charge in [-0.1, -0.05) is 42.5 Å². The first-order chi connectivity index (χ1) is 11.1. The fourth-order valence-electron chi connectivity index (χ4n) is 2.05. The summed E-state index contributed by atoms with van der Waals surface area (Å²) in [6.45, 7) is 4.55. The number of benzene rings is 2. The number of hydrogen-bond acceptors (Lipinski definition) is 3.